The summed E-state index contributed by atoms with van der Waals surface area (Å²) in [7, 11) is 4.43. The zero-order valence-electron chi connectivity index (χ0n) is 12.5. The van der Waals surface area contributed by atoms with Crippen LogP contribution in [-0.4, -0.2) is 32.4 Å². The van der Waals surface area contributed by atoms with E-state index >= 15 is 0 Å². The largest absolute Gasteiger partial charge is 0.492 e. The van der Waals surface area contributed by atoms with Crippen molar-refractivity contribution in [2.75, 3.05) is 21.3 Å². The lowest BCUT2D eigenvalue weighted by atomic mass is 9.99. The molecule has 116 valence electrons. The number of carboxylic acids is 1. The number of carbonyl (C=O) groups is 1. The molecule has 1 aromatic carbocycles. The molecule has 0 bridgehead atoms. The Morgan fingerprint density at radius 2 is 1.76 bits per heavy atom. The number of allylic oxidation sites excluding steroid dienone is 1. The molecule has 0 aromatic heterocycles. The Hall–Kier alpha value is -1.88. The van der Waals surface area contributed by atoms with Gasteiger partial charge in [0.25, 0.3) is 0 Å². The molecule has 1 N–H and O–H groups in total. The van der Waals surface area contributed by atoms with Crippen LogP contribution in [0.3, 0.4) is 0 Å². The molecule has 5 nitrogen and oxygen atoms in total. The third-order valence-corrected chi connectivity index (χ3v) is 3.20. The van der Waals surface area contributed by atoms with E-state index in [2.05, 4.69) is 0 Å². The molecular weight excluding hydrogens is 296 g/mol. The summed E-state index contributed by atoms with van der Waals surface area (Å²) in [6.07, 6.45) is 2.52. The maximum Gasteiger partial charge on any atom is 0.328 e. The Bertz CT molecular complexity index is 551. The topological polar surface area (TPSA) is 65.0 Å². The van der Waals surface area contributed by atoms with E-state index in [1.807, 2.05) is 6.92 Å². The van der Waals surface area contributed by atoms with Gasteiger partial charge in [-0.1, -0.05) is 24.9 Å². The van der Waals surface area contributed by atoms with Gasteiger partial charge in [-0.3, -0.25) is 0 Å². The summed E-state index contributed by atoms with van der Waals surface area (Å²) < 4.78 is 15.9. The molecule has 0 atom stereocenters. The molecule has 0 unspecified atom stereocenters. The van der Waals surface area contributed by atoms with Crippen LogP contribution in [0.5, 0.6) is 17.2 Å². The minimum absolute atomic E-state index is 0.331. The van der Waals surface area contributed by atoms with E-state index in [0.29, 0.717) is 39.8 Å². The van der Waals surface area contributed by atoms with Crippen molar-refractivity contribution in [3.63, 3.8) is 0 Å². The van der Waals surface area contributed by atoms with Crippen LogP contribution in [0, 0.1) is 0 Å². The van der Waals surface area contributed by atoms with Gasteiger partial charge in [-0.15, -0.1) is 0 Å². The smallest absolute Gasteiger partial charge is 0.328 e. The number of hydrogen-bond donors (Lipinski definition) is 1. The summed E-state index contributed by atoms with van der Waals surface area (Å²) in [5.41, 5.74) is 1.20. The van der Waals surface area contributed by atoms with E-state index in [0.717, 1.165) is 12.5 Å². The molecule has 21 heavy (non-hydrogen) atoms. The zero-order valence-corrected chi connectivity index (χ0v) is 13.3. The van der Waals surface area contributed by atoms with Gasteiger partial charge in [0.2, 0.25) is 5.75 Å². The number of ether oxygens (including phenoxy) is 3. The second kappa shape index (κ2) is 7.78. The number of benzene rings is 1. The van der Waals surface area contributed by atoms with Crippen LogP contribution in [0.1, 0.15) is 25.3 Å². The molecule has 0 aliphatic rings. The highest BCUT2D eigenvalue weighted by Gasteiger charge is 2.22. The van der Waals surface area contributed by atoms with Crippen LogP contribution >= 0.6 is 11.6 Å². The Morgan fingerprint density at radius 3 is 2.19 bits per heavy atom. The third kappa shape index (κ3) is 3.82. The highest BCUT2D eigenvalue weighted by molar-refractivity contribution is 6.32. The Balaban J connectivity index is 3.60. The number of hydrogen-bond acceptors (Lipinski definition) is 4. The summed E-state index contributed by atoms with van der Waals surface area (Å²) in [5.74, 6) is 0.0759. The zero-order chi connectivity index (χ0) is 16.0. The predicted octanol–water partition coefficient (Wildman–Crippen LogP) is 3.63. The van der Waals surface area contributed by atoms with E-state index in [9.17, 15) is 4.79 Å². The average Bonchev–Trinajstić information content (AvgIpc) is 2.44. The standard InChI is InChI=1S/C15H19ClO5/c1-5-6-9(7-12(17)18)10-8-11(16)14(20-3)15(21-4)13(10)19-2/h7-8H,5-6H2,1-4H3,(H,17,18)/b9-7+. The van der Waals surface area contributed by atoms with Gasteiger partial charge in [0.1, 0.15) is 0 Å². The minimum Gasteiger partial charge on any atom is -0.492 e. The first-order chi connectivity index (χ1) is 9.99. The van der Waals surface area contributed by atoms with E-state index < -0.39 is 5.97 Å². The number of carboxylic acid groups (broad SMARTS) is 1. The van der Waals surface area contributed by atoms with Gasteiger partial charge in [-0.25, -0.2) is 4.79 Å². The van der Waals surface area contributed by atoms with Crippen molar-refractivity contribution in [3.8, 4) is 17.2 Å². The normalized spacial score (nSPS) is 11.2. The lowest BCUT2D eigenvalue weighted by Crippen LogP contribution is -2.01. The van der Waals surface area contributed by atoms with E-state index in [4.69, 9.17) is 30.9 Å². The van der Waals surface area contributed by atoms with Crippen molar-refractivity contribution in [1.29, 1.82) is 0 Å². The molecule has 0 aliphatic carbocycles. The quantitative estimate of drug-likeness (QED) is 0.778. The highest BCUT2D eigenvalue weighted by atomic mass is 35.5. The monoisotopic (exact) mass is 314 g/mol. The van der Waals surface area contributed by atoms with E-state index in [-0.39, 0.29) is 0 Å². The second-order valence-electron chi connectivity index (χ2n) is 4.26. The fraction of sp³-hybridized carbons (Fsp3) is 0.400. The first kappa shape index (κ1) is 17.2. The van der Waals surface area contributed by atoms with Gasteiger partial charge < -0.3 is 19.3 Å². The maximum absolute atomic E-state index is 11.0. The minimum atomic E-state index is -1.02. The van der Waals surface area contributed by atoms with E-state index in [1.54, 1.807) is 6.07 Å². The molecule has 0 aliphatic heterocycles. The second-order valence-corrected chi connectivity index (χ2v) is 4.67. The van der Waals surface area contributed by atoms with Gasteiger partial charge in [0, 0.05) is 11.6 Å². The molecule has 1 aromatic rings. The summed E-state index contributed by atoms with van der Waals surface area (Å²) in [6.45, 7) is 1.96. The van der Waals surface area contributed by atoms with Crippen molar-refractivity contribution in [2.24, 2.45) is 0 Å². The van der Waals surface area contributed by atoms with Gasteiger partial charge in [-0.05, 0) is 18.1 Å². The fourth-order valence-corrected chi connectivity index (χ4v) is 2.38. The Labute approximate surface area is 129 Å². The lowest BCUT2D eigenvalue weighted by Gasteiger charge is -2.18. The van der Waals surface area contributed by atoms with Crippen LogP contribution < -0.4 is 14.2 Å². The Kier molecular flexibility index (Phi) is 6.37. The van der Waals surface area contributed by atoms with Crippen molar-refractivity contribution in [1.82, 2.24) is 0 Å². The van der Waals surface area contributed by atoms with Gasteiger partial charge >= 0.3 is 5.97 Å². The van der Waals surface area contributed by atoms with Crippen molar-refractivity contribution in [3.05, 3.63) is 22.7 Å². The summed E-state index contributed by atoms with van der Waals surface area (Å²) in [4.78, 5) is 11.0. The molecule has 0 saturated heterocycles. The van der Waals surface area contributed by atoms with Gasteiger partial charge in [0.15, 0.2) is 11.5 Å². The SMILES string of the molecule is CCC/C(=C\C(=O)O)c1cc(Cl)c(OC)c(OC)c1OC. The van der Waals surface area contributed by atoms with E-state index in [1.165, 1.54) is 21.3 Å². The molecule has 0 fully saturated rings. The fourth-order valence-electron chi connectivity index (χ4n) is 2.11. The molecule has 0 radical (unpaired) electrons. The van der Waals surface area contributed by atoms with Crippen LogP contribution in [0.15, 0.2) is 12.1 Å². The molecule has 0 saturated carbocycles. The summed E-state index contributed by atoms with van der Waals surface area (Å²) >= 11 is 6.19. The molecule has 0 heterocycles. The summed E-state index contributed by atoms with van der Waals surface area (Å²) in [5, 5.41) is 9.36. The van der Waals surface area contributed by atoms with Crippen LogP contribution in [0.25, 0.3) is 5.57 Å². The van der Waals surface area contributed by atoms with Gasteiger partial charge in [-0.2, -0.15) is 0 Å². The third-order valence-electron chi connectivity index (χ3n) is 2.92. The molecule has 1 rings (SSSR count). The summed E-state index contributed by atoms with van der Waals surface area (Å²) in [6, 6.07) is 1.63. The van der Waals surface area contributed by atoms with Crippen LogP contribution in [0.2, 0.25) is 5.02 Å². The van der Waals surface area contributed by atoms with Crippen molar-refractivity contribution < 1.29 is 24.1 Å². The number of halogens is 1. The van der Waals surface area contributed by atoms with Crippen molar-refractivity contribution in [2.45, 2.75) is 19.8 Å². The van der Waals surface area contributed by atoms with Crippen molar-refractivity contribution >= 4 is 23.1 Å². The Morgan fingerprint density at radius 1 is 1.19 bits per heavy atom. The first-order valence-corrected chi connectivity index (χ1v) is 6.80. The maximum atomic E-state index is 11.0. The lowest BCUT2D eigenvalue weighted by molar-refractivity contribution is -0.131. The molecular formula is C15H19ClO5. The number of methoxy groups -OCH3 is 3. The highest BCUT2D eigenvalue weighted by Crippen LogP contribution is 2.47. The van der Waals surface area contributed by atoms with Crippen LogP contribution in [0.4, 0.5) is 0 Å². The first-order valence-electron chi connectivity index (χ1n) is 6.42. The number of aliphatic carboxylic acids is 1. The van der Waals surface area contributed by atoms with Crippen LogP contribution in [-0.2, 0) is 4.79 Å². The molecule has 6 heteroatoms. The molecule has 0 amide bonds. The average molecular weight is 315 g/mol. The predicted molar refractivity (Wildman–Crippen MR) is 81.6 cm³/mol. The number of rotatable bonds is 7. The van der Waals surface area contributed by atoms with Gasteiger partial charge in [0.05, 0.1) is 26.4 Å². The molecule has 0 spiro atoms.